The molecule has 2 saturated heterocycles. The molecular formula is C32H33F3N4O3. The number of fused-ring (bicyclic) bond motifs is 1. The number of alkyl halides is 3. The van der Waals surface area contributed by atoms with Crippen LogP contribution in [0.2, 0.25) is 0 Å². The van der Waals surface area contributed by atoms with Crippen LogP contribution in [0.25, 0.3) is 11.0 Å². The molecule has 2 aliphatic heterocycles. The van der Waals surface area contributed by atoms with Gasteiger partial charge in [0.05, 0.1) is 0 Å². The number of hydrogen-bond acceptors (Lipinski definition) is 6. The van der Waals surface area contributed by atoms with Crippen LogP contribution in [-0.2, 0) is 6.54 Å². The molecule has 2 aromatic carbocycles. The first-order chi connectivity index (χ1) is 20.3. The standard InChI is InChI=1S/C32H33F3N4O3/c33-32(34,35)31(12-18-39(19-13-31)26-4-2-1-3-5-26)42-27-6-7-28-24(20-27)21-29(41-28)30(40)37-25-10-16-38(17-11-25)22-23-8-14-36-15-9-23/h1-9,14-15,20-21,25H,10-13,16-19,22H2,(H,37,40). The van der Waals surface area contributed by atoms with Crippen LogP contribution < -0.4 is 15.0 Å². The van der Waals surface area contributed by atoms with Gasteiger partial charge in [0, 0.05) is 75.1 Å². The van der Waals surface area contributed by atoms with Gasteiger partial charge in [-0.05, 0) is 66.9 Å². The number of carbonyl (C=O) groups is 1. The van der Waals surface area contributed by atoms with Crippen molar-refractivity contribution in [3.63, 3.8) is 0 Å². The Morgan fingerprint density at radius 1 is 0.976 bits per heavy atom. The number of rotatable bonds is 7. The lowest BCUT2D eigenvalue weighted by atomic mass is 9.89. The summed E-state index contributed by atoms with van der Waals surface area (Å²) in [5, 5.41) is 3.57. The van der Waals surface area contributed by atoms with Crippen molar-refractivity contribution in [3.8, 4) is 5.75 Å². The van der Waals surface area contributed by atoms with Crippen molar-refractivity contribution in [2.45, 2.75) is 50.0 Å². The Bertz CT molecular complexity index is 1490. The molecule has 220 valence electrons. The number of piperidine rings is 2. The van der Waals surface area contributed by atoms with Crippen LogP contribution in [0.3, 0.4) is 0 Å². The molecule has 10 heteroatoms. The van der Waals surface area contributed by atoms with E-state index in [2.05, 4.69) is 15.2 Å². The number of anilines is 1. The van der Waals surface area contributed by atoms with Crippen LogP contribution in [0.4, 0.5) is 18.9 Å². The molecule has 6 rings (SSSR count). The van der Waals surface area contributed by atoms with Crippen molar-refractivity contribution in [1.29, 1.82) is 0 Å². The number of carbonyl (C=O) groups excluding carboxylic acids is 1. The van der Waals surface area contributed by atoms with Gasteiger partial charge in [0.15, 0.2) is 5.76 Å². The largest absolute Gasteiger partial charge is 0.478 e. The number of benzene rings is 2. The number of pyridine rings is 1. The highest BCUT2D eigenvalue weighted by molar-refractivity contribution is 5.96. The number of halogens is 3. The summed E-state index contributed by atoms with van der Waals surface area (Å²) in [4.78, 5) is 21.3. The van der Waals surface area contributed by atoms with Gasteiger partial charge in [-0.3, -0.25) is 14.7 Å². The molecule has 2 fully saturated rings. The molecule has 4 aromatic rings. The molecule has 2 aliphatic rings. The Kier molecular flexibility index (Phi) is 7.81. The number of ether oxygens (including phenoxy) is 1. The molecule has 1 amide bonds. The van der Waals surface area contributed by atoms with Crippen molar-refractivity contribution >= 4 is 22.6 Å². The van der Waals surface area contributed by atoms with Gasteiger partial charge in [-0.25, -0.2) is 0 Å². The average molecular weight is 579 g/mol. The lowest BCUT2D eigenvalue weighted by Crippen LogP contribution is -2.57. The van der Waals surface area contributed by atoms with Crippen LogP contribution in [0, 0.1) is 0 Å². The molecule has 0 bridgehead atoms. The highest BCUT2D eigenvalue weighted by Gasteiger charge is 2.58. The monoisotopic (exact) mass is 578 g/mol. The van der Waals surface area contributed by atoms with Crippen LogP contribution in [0.5, 0.6) is 5.75 Å². The number of likely N-dealkylation sites (tertiary alicyclic amines) is 1. The van der Waals surface area contributed by atoms with E-state index in [9.17, 15) is 18.0 Å². The van der Waals surface area contributed by atoms with Crippen molar-refractivity contribution in [3.05, 3.63) is 90.4 Å². The maximum atomic E-state index is 14.4. The van der Waals surface area contributed by atoms with E-state index < -0.39 is 11.8 Å². The van der Waals surface area contributed by atoms with E-state index in [1.807, 2.05) is 47.4 Å². The quantitative estimate of drug-likeness (QED) is 0.282. The number of aromatic nitrogens is 1. The summed E-state index contributed by atoms with van der Waals surface area (Å²) in [5.41, 5.74) is 0.230. The normalized spacial score (nSPS) is 18.2. The molecule has 0 aliphatic carbocycles. The number of amides is 1. The summed E-state index contributed by atoms with van der Waals surface area (Å²) < 4.78 is 54.6. The molecule has 0 unspecified atom stereocenters. The first kappa shape index (κ1) is 28.1. The van der Waals surface area contributed by atoms with Crippen molar-refractivity contribution in [2.24, 2.45) is 0 Å². The van der Waals surface area contributed by atoms with Crippen molar-refractivity contribution in [1.82, 2.24) is 15.2 Å². The fourth-order valence-electron chi connectivity index (χ4n) is 5.87. The van der Waals surface area contributed by atoms with Gasteiger partial charge < -0.3 is 19.4 Å². The number of para-hydroxylation sites is 1. The predicted molar refractivity (Wildman–Crippen MR) is 154 cm³/mol. The summed E-state index contributed by atoms with van der Waals surface area (Å²) in [5.74, 6) is -0.105. The lowest BCUT2D eigenvalue weighted by Gasteiger charge is -2.43. The first-order valence-electron chi connectivity index (χ1n) is 14.3. The number of furan rings is 1. The zero-order chi connectivity index (χ0) is 29.2. The molecule has 0 radical (unpaired) electrons. The molecule has 4 heterocycles. The van der Waals surface area contributed by atoms with Crippen LogP contribution in [0.1, 0.15) is 41.8 Å². The minimum absolute atomic E-state index is 0.0201. The third-order valence-electron chi connectivity index (χ3n) is 8.31. The maximum absolute atomic E-state index is 14.4. The molecule has 7 nitrogen and oxygen atoms in total. The summed E-state index contributed by atoms with van der Waals surface area (Å²) in [6.07, 6.45) is 0.281. The molecule has 2 aromatic heterocycles. The van der Waals surface area contributed by atoms with Crippen LogP contribution in [-0.4, -0.2) is 59.8 Å². The van der Waals surface area contributed by atoms with Gasteiger partial charge in [0.1, 0.15) is 11.3 Å². The number of nitrogens with one attached hydrogen (secondary N) is 1. The van der Waals surface area contributed by atoms with Gasteiger partial charge in [-0.2, -0.15) is 13.2 Å². The van der Waals surface area contributed by atoms with Crippen molar-refractivity contribution < 1.29 is 27.1 Å². The van der Waals surface area contributed by atoms with Gasteiger partial charge in [0.2, 0.25) is 5.60 Å². The Morgan fingerprint density at radius 2 is 1.69 bits per heavy atom. The topological polar surface area (TPSA) is 70.8 Å². The third kappa shape index (κ3) is 6.09. The molecule has 1 N–H and O–H groups in total. The summed E-state index contributed by atoms with van der Waals surface area (Å²) in [7, 11) is 0. The predicted octanol–water partition coefficient (Wildman–Crippen LogP) is 6.20. The Hall–Kier alpha value is -4.05. The Morgan fingerprint density at radius 3 is 2.38 bits per heavy atom. The van der Waals surface area contributed by atoms with E-state index >= 15 is 0 Å². The number of hydrogen-bond donors (Lipinski definition) is 1. The average Bonchev–Trinajstić information content (AvgIpc) is 3.43. The second kappa shape index (κ2) is 11.7. The second-order valence-corrected chi connectivity index (χ2v) is 11.1. The zero-order valence-electron chi connectivity index (χ0n) is 23.1. The van der Waals surface area contributed by atoms with E-state index in [0.717, 1.165) is 38.2 Å². The Labute approximate surface area is 242 Å². The minimum atomic E-state index is -4.54. The highest BCUT2D eigenvalue weighted by atomic mass is 19.4. The van der Waals surface area contributed by atoms with E-state index in [1.54, 1.807) is 24.5 Å². The van der Waals surface area contributed by atoms with Gasteiger partial charge in [-0.15, -0.1) is 0 Å². The van der Waals surface area contributed by atoms with Crippen molar-refractivity contribution in [2.75, 3.05) is 31.1 Å². The summed E-state index contributed by atoms with van der Waals surface area (Å²) in [6.45, 7) is 3.02. The minimum Gasteiger partial charge on any atom is -0.478 e. The highest BCUT2D eigenvalue weighted by Crippen LogP contribution is 2.43. The fourth-order valence-corrected chi connectivity index (χ4v) is 5.87. The zero-order valence-corrected chi connectivity index (χ0v) is 23.1. The fraction of sp³-hybridized carbons (Fsp3) is 0.375. The molecule has 0 saturated carbocycles. The van der Waals surface area contributed by atoms with Crippen LogP contribution >= 0.6 is 0 Å². The van der Waals surface area contributed by atoms with Gasteiger partial charge in [0.25, 0.3) is 5.91 Å². The van der Waals surface area contributed by atoms with E-state index in [1.165, 1.54) is 17.7 Å². The molecule has 42 heavy (non-hydrogen) atoms. The SMILES string of the molecule is O=C(NC1CCN(Cc2ccncc2)CC1)c1cc2cc(OC3(C(F)(F)F)CCN(c4ccccc4)CC3)ccc2o1. The summed E-state index contributed by atoms with van der Waals surface area (Å²) in [6, 6.07) is 19.6. The second-order valence-electron chi connectivity index (χ2n) is 11.1. The Balaban J connectivity index is 1.08. The lowest BCUT2D eigenvalue weighted by molar-refractivity contribution is -0.254. The molecule has 0 atom stereocenters. The number of nitrogens with zero attached hydrogens (tertiary/aromatic N) is 3. The smallest absolute Gasteiger partial charge is 0.428 e. The van der Waals surface area contributed by atoms with Crippen LogP contribution in [0.15, 0.2) is 83.5 Å². The first-order valence-corrected chi connectivity index (χ1v) is 14.3. The van der Waals surface area contributed by atoms with Gasteiger partial charge in [-0.1, -0.05) is 18.2 Å². The maximum Gasteiger partial charge on any atom is 0.428 e. The van der Waals surface area contributed by atoms with Gasteiger partial charge >= 0.3 is 6.18 Å². The molecular weight excluding hydrogens is 545 g/mol. The van der Waals surface area contributed by atoms with E-state index in [4.69, 9.17) is 9.15 Å². The van der Waals surface area contributed by atoms with E-state index in [-0.39, 0.29) is 49.4 Å². The summed E-state index contributed by atoms with van der Waals surface area (Å²) >= 11 is 0. The molecule has 0 spiro atoms. The third-order valence-corrected chi connectivity index (χ3v) is 8.31. The van der Waals surface area contributed by atoms with E-state index in [0.29, 0.717) is 11.0 Å².